The van der Waals surface area contributed by atoms with Gasteiger partial charge in [-0.2, -0.15) is 0 Å². The summed E-state index contributed by atoms with van der Waals surface area (Å²) in [6, 6.07) is 13.3. The normalized spacial score (nSPS) is 21.6. The van der Waals surface area contributed by atoms with Crippen molar-refractivity contribution in [1.82, 2.24) is 15.5 Å². The highest BCUT2D eigenvalue weighted by Crippen LogP contribution is 2.34. The third-order valence-electron chi connectivity index (χ3n) is 8.05. The summed E-state index contributed by atoms with van der Waals surface area (Å²) in [6.07, 6.45) is 0.468. The molecule has 3 heterocycles. The first-order chi connectivity index (χ1) is 19.0. The van der Waals surface area contributed by atoms with Gasteiger partial charge in [-0.15, -0.1) is 11.3 Å². The van der Waals surface area contributed by atoms with E-state index >= 15 is 0 Å². The summed E-state index contributed by atoms with van der Waals surface area (Å²) in [5.74, 6) is -1.21. The quantitative estimate of drug-likeness (QED) is 0.441. The van der Waals surface area contributed by atoms with Gasteiger partial charge in [-0.25, -0.2) is 0 Å². The fraction of sp³-hybridized carbons (Fsp3) is 0.438. The van der Waals surface area contributed by atoms with Gasteiger partial charge < -0.3 is 15.5 Å². The molecule has 4 atom stereocenters. The fourth-order valence-corrected chi connectivity index (χ4v) is 6.85. The number of carbonyl (C=O) groups excluding carboxylic acids is 4. The molecule has 5 rings (SSSR count). The second kappa shape index (κ2) is 10.9. The van der Waals surface area contributed by atoms with Crippen LogP contribution < -0.4 is 10.6 Å². The average molecular weight is 560 g/mol. The van der Waals surface area contributed by atoms with Crippen LogP contribution in [0.4, 0.5) is 0 Å². The van der Waals surface area contributed by atoms with Crippen LogP contribution in [0, 0.1) is 11.8 Å². The van der Waals surface area contributed by atoms with E-state index in [9.17, 15) is 19.2 Å². The first-order valence-corrected chi connectivity index (χ1v) is 14.8. The molecule has 0 saturated carbocycles. The van der Waals surface area contributed by atoms with Gasteiger partial charge in [0.05, 0.1) is 36.2 Å². The second-order valence-electron chi connectivity index (χ2n) is 12.4. The van der Waals surface area contributed by atoms with Gasteiger partial charge in [0.2, 0.25) is 0 Å². The number of hydrogen-bond donors (Lipinski definition) is 2. The Balaban J connectivity index is 1.38. The topological polar surface area (TPSA) is 95.6 Å². The molecule has 2 aliphatic rings. The predicted molar refractivity (Wildman–Crippen MR) is 158 cm³/mol. The van der Waals surface area contributed by atoms with Crippen LogP contribution in [0.3, 0.4) is 0 Å². The van der Waals surface area contributed by atoms with Crippen LogP contribution in [0.2, 0.25) is 0 Å². The number of thiophene rings is 1. The molecule has 2 aliphatic heterocycles. The molecule has 210 valence electrons. The highest BCUT2D eigenvalue weighted by Gasteiger charge is 2.54. The lowest BCUT2D eigenvalue weighted by molar-refractivity contribution is -0.125. The van der Waals surface area contributed by atoms with Gasteiger partial charge in [0, 0.05) is 27.6 Å². The number of Topliss-reactive ketones (excluding diaryl/α,β-unsaturated/α-hetero) is 2. The van der Waals surface area contributed by atoms with Crippen LogP contribution in [-0.4, -0.2) is 59.5 Å². The molecular weight excluding hydrogens is 522 g/mol. The van der Waals surface area contributed by atoms with Crippen LogP contribution in [0.25, 0.3) is 10.1 Å². The monoisotopic (exact) mass is 559 g/mol. The lowest BCUT2D eigenvalue weighted by atomic mass is 9.86. The smallest absolute Gasteiger partial charge is 0.256 e. The molecule has 2 amide bonds. The van der Waals surface area contributed by atoms with Crippen LogP contribution in [0.1, 0.15) is 67.3 Å². The summed E-state index contributed by atoms with van der Waals surface area (Å²) in [5.41, 5.74) is 2.14. The Kier molecular flexibility index (Phi) is 7.68. The number of nitrogens with zero attached hydrogens (tertiary/aromatic N) is 1. The van der Waals surface area contributed by atoms with Crippen LogP contribution >= 0.6 is 11.3 Å². The molecule has 0 radical (unpaired) electrons. The van der Waals surface area contributed by atoms with Crippen LogP contribution in [0.15, 0.2) is 53.9 Å². The van der Waals surface area contributed by atoms with Crippen LogP contribution in [0.5, 0.6) is 0 Å². The van der Waals surface area contributed by atoms with Crippen LogP contribution in [-0.2, 0) is 15.0 Å². The average Bonchev–Trinajstić information content (AvgIpc) is 3.62. The van der Waals surface area contributed by atoms with Crippen molar-refractivity contribution in [1.29, 1.82) is 0 Å². The van der Waals surface area contributed by atoms with Gasteiger partial charge in [-0.3, -0.25) is 19.2 Å². The summed E-state index contributed by atoms with van der Waals surface area (Å²) in [6.45, 7) is 10.6. The standard InChI is InChI=1S/C32H37N3O4S/c1-18(2)14-24(34-30(38)19-10-12-20(13-11-19)32(3,4)5)29(37)22-15-33-27-25(36)16-35(28(22)27)31(39)23-17-40-26-9-7-6-8-21(23)26/h6-13,17-18,22,24,27-28,33H,14-16H2,1-5H3,(H,34,38)/t22?,24-,27+,28+/m0/s1. The molecule has 1 unspecified atom stereocenters. The van der Waals surface area contributed by atoms with Gasteiger partial charge in [0.25, 0.3) is 11.8 Å². The molecule has 2 aromatic carbocycles. The van der Waals surface area contributed by atoms with Gasteiger partial charge >= 0.3 is 0 Å². The van der Waals surface area contributed by atoms with Crippen molar-refractivity contribution in [3.05, 3.63) is 70.6 Å². The molecule has 40 heavy (non-hydrogen) atoms. The number of carbonyl (C=O) groups is 4. The van der Waals surface area contributed by atoms with Crippen molar-refractivity contribution in [2.24, 2.45) is 11.8 Å². The highest BCUT2D eigenvalue weighted by atomic mass is 32.1. The summed E-state index contributed by atoms with van der Waals surface area (Å²) in [7, 11) is 0. The van der Waals surface area contributed by atoms with Crippen molar-refractivity contribution in [2.75, 3.05) is 13.1 Å². The number of fused-ring (bicyclic) bond motifs is 2. The Bertz CT molecular complexity index is 1450. The molecule has 0 aliphatic carbocycles. The third-order valence-corrected chi connectivity index (χ3v) is 9.01. The van der Waals surface area contributed by atoms with Crippen molar-refractivity contribution in [2.45, 2.75) is 64.6 Å². The maximum absolute atomic E-state index is 14.0. The molecular formula is C32H37N3O4S. The Morgan fingerprint density at radius 2 is 1.77 bits per heavy atom. The molecule has 0 spiro atoms. The molecule has 2 N–H and O–H groups in total. The summed E-state index contributed by atoms with van der Waals surface area (Å²) in [5, 5.41) is 8.87. The predicted octanol–water partition coefficient (Wildman–Crippen LogP) is 4.59. The maximum Gasteiger partial charge on any atom is 0.256 e. The number of likely N-dealkylation sites (tertiary alicyclic amines) is 1. The number of rotatable bonds is 7. The van der Waals surface area contributed by atoms with Crippen molar-refractivity contribution in [3.63, 3.8) is 0 Å². The number of hydrogen-bond acceptors (Lipinski definition) is 6. The molecule has 0 bridgehead atoms. The van der Waals surface area contributed by atoms with E-state index in [-0.39, 0.29) is 41.3 Å². The van der Waals surface area contributed by atoms with E-state index in [1.54, 1.807) is 17.0 Å². The maximum atomic E-state index is 14.0. The lowest BCUT2D eigenvalue weighted by Gasteiger charge is -2.30. The number of nitrogens with one attached hydrogen (secondary N) is 2. The van der Waals surface area contributed by atoms with E-state index in [2.05, 4.69) is 31.4 Å². The molecule has 8 heteroatoms. The Morgan fingerprint density at radius 1 is 1.07 bits per heavy atom. The number of ketones is 2. The molecule has 2 saturated heterocycles. The summed E-state index contributed by atoms with van der Waals surface area (Å²) >= 11 is 1.49. The molecule has 1 aromatic heterocycles. The van der Waals surface area contributed by atoms with Gasteiger partial charge in [0.1, 0.15) is 0 Å². The summed E-state index contributed by atoms with van der Waals surface area (Å²) < 4.78 is 1.00. The zero-order valence-corrected chi connectivity index (χ0v) is 24.5. The minimum absolute atomic E-state index is 0.0313. The Hall–Kier alpha value is -3.36. The van der Waals surface area contributed by atoms with E-state index in [0.29, 0.717) is 24.1 Å². The Morgan fingerprint density at radius 3 is 2.45 bits per heavy atom. The van der Waals surface area contributed by atoms with E-state index in [4.69, 9.17) is 0 Å². The molecule has 7 nitrogen and oxygen atoms in total. The van der Waals surface area contributed by atoms with E-state index < -0.39 is 24.0 Å². The SMILES string of the molecule is CC(C)C[C@H](NC(=O)c1ccc(C(C)(C)C)cc1)C(=O)C1CN[C@@H]2C(=O)CN(C(=O)c3csc4ccccc34)[C@H]12. The van der Waals surface area contributed by atoms with E-state index in [1.807, 2.05) is 55.6 Å². The lowest BCUT2D eigenvalue weighted by Crippen LogP contribution is -2.51. The fourth-order valence-electron chi connectivity index (χ4n) is 5.91. The first kappa shape index (κ1) is 28.2. The minimum Gasteiger partial charge on any atom is -0.342 e. The molecule has 3 aromatic rings. The van der Waals surface area contributed by atoms with E-state index in [1.165, 1.54) is 11.3 Å². The molecule has 2 fully saturated rings. The van der Waals surface area contributed by atoms with Crippen molar-refractivity contribution < 1.29 is 19.2 Å². The van der Waals surface area contributed by atoms with E-state index in [0.717, 1.165) is 15.6 Å². The summed E-state index contributed by atoms with van der Waals surface area (Å²) in [4.78, 5) is 55.6. The highest BCUT2D eigenvalue weighted by molar-refractivity contribution is 7.17. The Labute approximate surface area is 239 Å². The zero-order chi connectivity index (χ0) is 28.8. The zero-order valence-electron chi connectivity index (χ0n) is 23.7. The first-order valence-electron chi connectivity index (χ1n) is 13.9. The minimum atomic E-state index is -0.727. The van der Waals surface area contributed by atoms with Gasteiger partial charge in [0.15, 0.2) is 11.6 Å². The van der Waals surface area contributed by atoms with Crippen molar-refractivity contribution in [3.8, 4) is 0 Å². The second-order valence-corrected chi connectivity index (χ2v) is 13.3. The largest absolute Gasteiger partial charge is 0.342 e. The van der Waals surface area contributed by atoms with Gasteiger partial charge in [-0.05, 0) is 41.5 Å². The van der Waals surface area contributed by atoms with Gasteiger partial charge in [-0.1, -0.05) is 65.0 Å². The third kappa shape index (κ3) is 5.34. The van der Waals surface area contributed by atoms with Crippen molar-refractivity contribution >= 4 is 44.8 Å². The number of benzene rings is 2. The number of amides is 2.